The molecule has 1 rings (SSSR count). The molecule has 4 nitrogen and oxygen atoms in total. The van der Waals surface area contributed by atoms with Crippen molar-refractivity contribution in [1.29, 1.82) is 0 Å². The molecule has 0 saturated heterocycles. The van der Waals surface area contributed by atoms with E-state index in [9.17, 15) is 0 Å². The predicted molar refractivity (Wildman–Crippen MR) is 50.2 cm³/mol. The Morgan fingerprint density at radius 3 is 2.67 bits per heavy atom. The number of nitrogens with zero attached hydrogens (tertiary/aromatic N) is 2. The molecule has 0 unspecified atom stereocenters. The molecule has 2 N–H and O–H groups in total. The molecule has 0 spiro atoms. The molecule has 0 aliphatic rings. The Balaban J connectivity index is 2.85. The number of hydrogen-bond acceptors (Lipinski definition) is 5. The largest absolute Gasteiger partial charge is 0.354 e. The van der Waals surface area contributed by atoms with E-state index in [4.69, 9.17) is 5.90 Å². The summed E-state index contributed by atoms with van der Waals surface area (Å²) in [6, 6.07) is 0. The molecule has 0 aromatic carbocycles. The van der Waals surface area contributed by atoms with Gasteiger partial charge < -0.3 is 4.90 Å². The van der Waals surface area contributed by atoms with Crippen LogP contribution in [-0.4, -0.2) is 19.1 Å². The summed E-state index contributed by atoms with van der Waals surface area (Å²) in [7, 11) is 3.93. The van der Waals surface area contributed by atoms with E-state index >= 15 is 0 Å². The van der Waals surface area contributed by atoms with E-state index in [1.165, 1.54) is 0 Å². The van der Waals surface area contributed by atoms with Crippen molar-refractivity contribution in [2.45, 2.75) is 13.5 Å². The van der Waals surface area contributed by atoms with Gasteiger partial charge in [-0.15, -0.1) is 0 Å². The van der Waals surface area contributed by atoms with Gasteiger partial charge >= 0.3 is 0 Å². The summed E-state index contributed by atoms with van der Waals surface area (Å²) in [6.45, 7) is 2.40. The summed E-state index contributed by atoms with van der Waals surface area (Å²) in [6.07, 6.45) is 0. The summed E-state index contributed by atoms with van der Waals surface area (Å²) in [5, 5.41) is 0.986. The molecule has 0 fully saturated rings. The number of hydrogen-bond donors (Lipinski definition) is 1. The van der Waals surface area contributed by atoms with Gasteiger partial charge in [0.1, 0.15) is 6.61 Å². The lowest BCUT2D eigenvalue weighted by molar-refractivity contribution is 0.126. The van der Waals surface area contributed by atoms with Crippen molar-refractivity contribution in [2.24, 2.45) is 5.90 Å². The summed E-state index contributed by atoms with van der Waals surface area (Å²) < 4.78 is 0. The first kappa shape index (κ1) is 9.44. The van der Waals surface area contributed by atoms with Crippen LogP contribution in [0.4, 0.5) is 5.13 Å². The summed E-state index contributed by atoms with van der Waals surface area (Å²) in [5.74, 6) is 4.98. The van der Waals surface area contributed by atoms with Crippen molar-refractivity contribution in [3.8, 4) is 0 Å². The molecule has 1 heterocycles. The fraction of sp³-hybridized carbons (Fsp3) is 0.571. The van der Waals surface area contributed by atoms with Crippen molar-refractivity contribution >= 4 is 16.5 Å². The van der Waals surface area contributed by atoms with Gasteiger partial charge in [-0.2, -0.15) is 0 Å². The van der Waals surface area contributed by atoms with Crippen LogP contribution in [0.1, 0.15) is 10.6 Å². The van der Waals surface area contributed by atoms with Gasteiger partial charge in [-0.05, 0) is 6.92 Å². The highest BCUT2D eigenvalue weighted by Gasteiger charge is 2.07. The van der Waals surface area contributed by atoms with Crippen LogP contribution in [0.2, 0.25) is 0 Å². The molecular formula is C7H13N3OS. The number of anilines is 1. The fourth-order valence-corrected chi connectivity index (χ4v) is 1.72. The number of nitrogens with two attached hydrogens (primary N) is 1. The van der Waals surface area contributed by atoms with Crippen LogP contribution in [0.3, 0.4) is 0 Å². The molecule has 1 aromatic rings. The average Bonchev–Trinajstić information content (AvgIpc) is 2.34. The number of rotatable bonds is 3. The van der Waals surface area contributed by atoms with Crippen LogP contribution in [-0.2, 0) is 11.4 Å². The van der Waals surface area contributed by atoms with Crippen molar-refractivity contribution in [3.05, 3.63) is 10.6 Å². The third-order valence-electron chi connectivity index (χ3n) is 1.48. The average molecular weight is 187 g/mol. The predicted octanol–water partition coefficient (Wildman–Crippen LogP) is 0.908. The van der Waals surface area contributed by atoms with Crippen molar-refractivity contribution in [2.75, 3.05) is 19.0 Å². The monoisotopic (exact) mass is 187 g/mol. The Labute approximate surface area is 75.9 Å². The molecule has 0 bridgehead atoms. The normalized spacial score (nSPS) is 10.3. The minimum atomic E-state index is 0.442. The molecule has 68 valence electrons. The van der Waals surface area contributed by atoms with Crippen LogP contribution in [0.15, 0.2) is 0 Å². The van der Waals surface area contributed by atoms with Crippen LogP contribution in [0, 0.1) is 6.92 Å². The lowest BCUT2D eigenvalue weighted by Crippen LogP contribution is -2.07. The Bertz CT molecular complexity index is 259. The highest BCUT2D eigenvalue weighted by Crippen LogP contribution is 2.24. The number of thiazole rings is 1. The lowest BCUT2D eigenvalue weighted by Gasteiger charge is -2.05. The standard InChI is InChI=1S/C7H13N3OS/c1-5-6(4-11-8)12-7(9-5)10(2)3/h4,8H2,1-3H3. The van der Waals surface area contributed by atoms with Crippen LogP contribution in [0.25, 0.3) is 0 Å². The third-order valence-corrected chi connectivity index (χ3v) is 2.78. The van der Waals surface area contributed by atoms with Gasteiger partial charge in [0.15, 0.2) is 5.13 Å². The number of aromatic nitrogens is 1. The lowest BCUT2D eigenvalue weighted by atomic mass is 10.4. The second-order valence-electron chi connectivity index (χ2n) is 2.71. The molecule has 5 heteroatoms. The third kappa shape index (κ3) is 1.94. The fourth-order valence-electron chi connectivity index (χ4n) is 0.814. The van der Waals surface area contributed by atoms with Crippen molar-refractivity contribution < 1.29 is 4.84 Å². The van der Waals surface area contributed by atoms with Gasteiger partial charge in [0, 0.05) is 14.1 Å². The summed E-state index contributed by atoms with van der Waals surface area (Å²) in [4.78, 5) is 11.9. The summed E-state index contributed by atoms with van der Waals surface area (Å²) >= 11 is 1.60. The molecule has 0 saturated carbocycles. The zero-order valence-electron chi connectivity index (χ0n) is 7.50. The SMILES string of the molecule is Cc1nc(N(C)C)sc1CON. The van der Waals surface area contributed by atoms with E-state index in [1.54, 1.807) is 11.3 Å². The second kappa shape index (κ2) is 3.84. The second-order valence-corrected chi connectivity index (χ2v) is 3.77. The zero-order valence-corrected chi connectivity index (χ0v) is 8.31. The zero-order chi connectivity index (χ0) is 9.14. The molecule has 0 aliphatic heterocycles. The van der Waals surface area contributed by atoms with E-state index in [1.807, 2.05) is 25.9 Å². The van der Waals surface area contributed by atoms with Gasteiger partial charge in [-0.1, -0.05) is 11.3 Å². The van der Waals surface area contributed by atoms with E-state index in [0.29, 0.717) is 6.61 Å². The van der Waals surface area contributed by atoms with Gasteiger partial charge in [0.25, 0.3) is 0 Å². The topological polar surface area (TPSA) is 51.4 Å². The first-order valence-corrected chi connectivity index (χ1v) is 4.42. The smallest absolute Gasteiger partial charge is 0.185 e. The van der Waals surface area contributed by atoms with Crippen LogP contribution >= 0.6 is 11.3 Å². The van der Waals surface area contributed by atoms with E-state index < -0.39 is 0 Å². The minimum absolute atomic E-state index is 0.442. The summed E-state index contributed by atoms with van der Waals surface area (Å²) in [5.41, 5.74) is 0.995. The van der Waals surface area contributed by atoms with Gasteiger partial charge in [-0.25, -0.2) is 10.9 Å². The van der Waals surface area contributed by atoms with Crippen LogP contribution in [0.5, 0.6) is 0 Å². The highest BCUT2D eigenvalue weighted by molar-refractivity contribution is 7.15. The maximum atomic E-state index is 4.98. The molecule has 0 amide bonds. The Morgan fingerprint density at radius 2 is 2.25 bits per heavy atom. The molecular weight excluding hydrogens is 174 g/mol. The first-order chi connectivity index (χ1) is 5.65. The molecule has 0 aliphatic carbocycles. The first-order valence-electron chi connectivity index (χ1n) is 3.60. The van der Waals surface area contributed by atoms with E-state index in [0.717, 1.165) is 15.7 Å². The van der Waals surface area contributed by atoms with E-state index in [-0.39, 0.29) is 0 Å². The minimum Gasteiger partial charge on any atom is -0.354 e. The van der Waals surface area contributed by atoms with Crippen molar-refractivity contribution in [1.82, 2.24) is 4.98 Å². The highest BCUT2D eigenvalue weighted by atomic mass is 32.1. The Kier molecular flexibility index (Phi) is 3.02. The van der Waals surface area contributed by atoms with Gasteiger partial charge in [0.2, 0.25) is 0 Å². The Hall–Kier alpha value is -0.650. The molecule has 0 atom stereocenters. The quantitative estimate of drug-likeness (QED) is 0.714. The number of aryl methyl sites for hydroxylation is 1. The van der Waals surface area contributed by atoms with Crippen molar-refractivity contribution in [3.63, 3.8) is 0 Å². The maximum absolute atomic E-state index is 4.98. The molecule has 0 radical (unpaired) electrons. The maximum Gasteiger partial charge on any atom is 0.185 e. The molecule has 12 heavy (non-hydrogen) atoms. The van der Waals surface area contributed by atoms with Crippen LogP contribution < -0.4 is 10.8 Å². The Morgan fingerprint density at radius 1 is 1.58 bits per heavy atom. The van der Waals surface area contributed by atoms with E-state index in [2.05, 4.69) is 9.82 Å². The van der Waals surface area contributed by atoms with Gasteiger partial charge in [-0.3, -0.25) is 4.84 Å². The molecule has 1 aromatic heterocycles. The van der Waals surface area contributed by atoms with Gasteiger partial charge in [0.05, 0.1) is 10.6 Å².